The lowest BCUT2D eigenvalue weighted by molar-refractivity contribution is -0.384. The lowest BCUT2D eigenvalue weighted by atomic mass is 10.1. The van der Waals surface area contributed by atoms with Crippen molar-refractivity contribution in [2.45, 2.75) is 13.0 Å². The van der Waals surface area contributed by atoms with Gasteiger partial charge in [0.1, 0.15) is 0 Å². The molecule has 0 heterocycles. The number of carbonyl (C=O) groups is 1. The zero-order valence-corrected chi connectivity index (χ0v) is 14.0. The smallest absolute Gasteiger partial charge is 0.270 e. The molecule has 2 rings (SSSR count). The fourth-order valence-corrected chi connectivity index (χ4v) is 2.27. The number of rotatable bonds is 5. The van der Waals surface area contributed by atoms with Gasteiger partial charge in [-0.05, 0) is 36.3 Å². The van der Waals surface area contributed by atoms with Crippen LogP contribution in [0.5, 0.6) is 0 Å². The predicted octanol–water partition coefficient (Wildman–Crippen LogP) is 4.25. The zero-order valence-electron chi connectivity index (χ0n) is 12.4. The molecule has 5 nitrogen and oxygen atoms in total. The van der Waals surface area contributed by atoms with Crippen LogP contribution in [0.1, 0.15) is 24.1 Å². The van der Waals surface area contributed by atoms with Gasteiger partial charge in [0.25, 0.3) is 5.69 Å². The van der Waals surface area contributed by atoms with E-state index >= 15 is 0 Å². The first-order valence-corrected chi connectivity index (χ1v) is 7.73. The average molecular weight is 375 g/mol. The van der Waals surface area contributed by atoms with Gasteiger partial charge in [-0.1, -0.05) is 40.2 Å². The predicted molar refractivity (Wildman–Crippen MR) is 92.8 cm³/mol. The van der Waals surface area contributed by atoms with Crippen molar-refractivity contribution in [1.29, 1.82) is 0 Å². The van der Waals surface area contributed by atoms with Crippen LogP contribution in [-0.2, 0) is 4.79 Å². The van der Waals surface area contributed by atoms with Crippen LogP contribution < -0.4 is 5.32 Å². The number of nitro benzene ring substituents is 1. The Bertz CT molecular complexity index is 742. The fourth-order valence-electron chi connectivity index (χ4n) is 2.01. The highest BCUT2D eigenvalue weighted by atomic mass is 79.9. The van der Waals surface area contributed by atoms with Crippen molar-refractivity contribution < 1.29 is 9.72 Å². The molecule has 0 unspecified atom stereocenters. The molecule has 23 heavy (non-hydrogen) atoms. The fraction of sp³-hybridized carbons (Fsp3) is 0.118. The zero-order chi connectivity index (χ0) is 16.8. The minimum absolute atomic E-state index is 0.00390. The summed E-state index contributed by atoms with van der Waals surface area (Å²) < 4.78 is 0.977. The minimum Gasteiger partial charge on any atom is -0.346 e. The van der Waals surface area contributed by atoms with Gasteiger partial charge in [0.2, 0.25) is 5.91 Å². The van der Waals surface area contributed by atoms with Gasteiger partial charge in [-0.15, -0.1) is 0 Å². The second-order valence-electron chi connectivity index (χ2n) is 4.97. The van der Waals surface area contributed by atoms with Gasteiger partial charge in [-0.3, -0.25) is 14.9 Å². The average Bonchev–Trinajstić information content (AvgIpc) is 2.53. The third-order valence-corrected chi connectivity index (χ3v) is 3.77. The molecule has 0 fully saturated rings. The monoisotopic (exact) mass is 374 g/mol. The van der Waals surface area contributed by atoms with E-state index in [1.165, 1.54) is 18.2 Å². The van der Waals surface area contributed by atoms with Crippen molar-refractivity contribution in [1.82, 2.24) is 5.32 Å². The maximum atomic E-state index is 11.9. The quantitative estimate of drug-likeness (QED) is 0.483. The molecule has 0 radical (unpaired) electrons. The van der Waals surface area contributed by atoms with Gasteiger partial charge in [0.15, 0.2) is 0 Å². The number of non-ortho nitro benzene ring substituents is 1. The number of hydrogen-bond acceptors (Lipinski definition) is 3. The Hall–Kier alpha value is -2.47. The summed E-state index contributed by atoms with van der Waals surface area (Å²) in [6.45, 7) is 1.89. The van der Waals surface area contributed by atoms with Crippen molar-refractivity contribution >= 4 is 33.6 Å². The molecule has 6 heteroatoms. The summed E-state index contributed by atoms with van der Waals surface area (Å²) >= 11 is 3.37. The van der Waals surface area contributed by atoms with E-state index in [1.807, 2.05) is 31.2 Å². The molecule has 0 aliphatic rings. The molecule has 0 bridgehead atoms. The van der Waals surface area contributed by atoms with E-state index in [9.17, 15) is 14.9 Å². The van der Waals surface area contributed by atoms with Crippen molar-refractivity contribution in [3.05, 3.63) is 80.3 Å². The highest BCUT2D eigenvalue weighted by Gasteiger charge is 2.08. The Morgan fingerprint density at radius 1 is 1.26 bits per heavy atom. The first-order valence-electron chi connectivity index (χ1n) is 6.94. The van der Waals surface area contributed by atoms with E-state index < -0.39 is 4.92 Å². The number of benzene rings is 2. The number of carbonyl (C=O) groups excluding carboxylic acids is 1. The van der Waals surface area contributed by atoms with Crippen molar-refractivity contribution in [2.75, 3.05) is 0 Å². The van der Waals surface area contributed by atoms with E-state index in [2.05, 4.69) is 21.2 Å². The minimum atomic E-state index is -0.465. The molecule has 0 aliphatic heterocycles. The molecule has 0 spiro atoms. The van der Waals surface area contributed by atoms with E-state index in [1.54, 1.807) is 18.2 Å². The summed E-state index contributed by atoms with van der Waals surface area (Å²) in [5, 5.41) is 13.6. The molecule has 1 atom stereocenters. The highest BCUT2D eigenvalue weighted by Crippen LogP contribution is 2.17. The van der Waals surface area contributed by atoms with Crippen molar-refractivity contribution in [2.24, 2.45) is 0 Å². The van der Waals surface area contributed by atoms with Gasteiger partial charge in [0.05, 0.1) is 11.0 Å². The maximum Gasteiger partial charge on any atom is 0.270 e. The standard InChI is InChI=1S/C17H15BrN2O3/c1-12(14-6-8-15(18)9-7-14)19-17(21)10-5-13-3-2-4-16(11-13)20(22)23/h2-12H,1H3,(H,19,21)/b10-5+/t12-/m1/s1. The summed E-state index contributed by atoms with van der Waals surface area (Å²) in [6.07, 6.45) is 2.92. The topological polar surface area (TPSA) is 72.2 Å². The number of halogens is 1. The summed E-state index contributed by atoms with van der Waals surface area (Å²) in [5.74, 6) is -0.257. The van der Waals surface area contributed by atoms with E-state index in [4.69, 9.17) is 0 Å². The van der Waals surface area contributed by atoms with Crippen LogP contribution in [0.4, 0.5) is 5.69 Å². The summed E-state index contributed by atoms with van der Waals surface area (Å²) in [4.78, 5) is 22.2. The lowest BCUT2D eigenvalue weighted by Gasteiger charge is -2.12. The lowest BCUT2D eigenvalue weighted by Crippen LogP contribution is -2.24. The van der Waals surface area contributed by atoms with Crippen LogP contribution in [0.15, 0.2) is 59.1 Å². The number of nitrogens with zero attached hydrogens (tertiary/aromatic N) is 1. The highest BCUT2D eigenvalue weighted by molar-refractivity contribution is 9.10. The van der Waals surface area contributed by atoms with Gasteiger partial charge in [0, 0.05) is 22.7 Å². The molecule has 2 aromatic rings. The summed E-state index contributed by atoms with van der Waals surface area (Å²) in [7, 11) is 0. The maximum absolute atomic E-state index is 11.9. The van der Waals surface area contributed by atoms with Crippen LogP contribution in [0.25, 0.3) is 6.08 Å². The van der Waals surface area contributed by atoms with Gasteiger partial charge >= 0.3 is 0 Å². The van der Waals surface area contributed by atoms with Crippen LogP contribution in [-0.4, -0.2) is 10.8 Å². The van der Waals surface area contributed by atoms with Crippen LogP contribution in [0.2, 0.25) is 0 Å². The molecule has 2 aromatic carbocycles. The SMILES string of the molecule is C[C@@H](NC(=O)/C=C/c1cccc([N+](=O)[O-])c1)c1ccc(Br)cc1. The van der Waals surface area contributed by atoms with Gasteiger partial charge < -0.3 is 5.32 Å². The second-order valence-corrected chi connectivity index (χ2v) is 5.88. The Morgan fingerprint density at radius 3 is 2.61 bits per heavy atom. The first kappa shape index (κ1) is 16.9. The molecule has 0 saturated carbocycles. The molecular formula is C17H15BrN2O3. The Morgan fingerprint density at radius 2 is 1.96 bits per heavy atom. The number of hydrogen-bond donors (Lipinski definition) is 1. The molecule has 0 aromatic heterocycles. The molecule has 0 saturated heterocycles. The number of nitrogens with one attached hydrogen (secondary N) is 1. The van der Waals surface area contributed by atoms with Crippen LogP contribution in [0, 0.1) is 10.1 Å². The van der Waals surface area contributed by atoms with Gasteiger partial charge in [-0.25, -0.2) is 0 Å². The normalized spacial score (nSPS) is 12.1. The van der Waals surface area contributed by atoms with Gasteiger partial charge in [-0.2, -0.15) is 0 Å². The summed E-state index contributed by atoms with van der Waals surface area (Å²) in [6, 6.07) is 13.7. The molecule has 0 aliphatic carbocycles. The first-order chi connectivity index (χ1) is 11.0. The van der Waals surface area contributed by atoms with Crippen LogP contribution >= 0.6 is 15.9 Å². The second kappa shape index (κ2) is 7.69. The Balaban J connectivity index is 2.00. The Kier molecular flexibility index (Phi) is 5.65. The molecular weight excluding hydrogens is 360 g/mol. The largest absolute Gasteiger partial charge is 0.346 e. The summed E-state index contributed by atoms with van der Waals surface area (Å²) in [5.41, 5.74) is 1.59. The third kappa shape index (κ3) is 5.03. The van der Waals surface area contributed by atoms with E-state index in [-0.39, 0.29) is 17.6 Å². The number of nitro groups is 1. The Labute approximate surface area is 142 Å². The van der Waals surface area contributed by atoms with Crippen molar-refractivity contribution in [3.63, 3.8) is 0 Å². The van der Waals surface area contributed by atoms with Crippen molar-refractivity contribution in [3.8, 4) is 0 Å². The molecule has 1 N–H and O–H groups in total. The van der Waals surface area contributed by atoms with E-state index in [0.717, 1.165) is 10.0 Å². The third-order valence-electron chi connectivity index (χ3n) is 3.24. The van der Waals surface area contributed by atoms with E-state index in [0.29, 0.717) is 5.56 Å². The molecule has 118 valence electrons. The van der Waals surface area contributed by atoms with Crippen LogP contribution in [0.3, 0.4) is 0 Å². The number of amides is 1. The molecule has 1 amide bonds.